The van der Waals surface area contributed by atoms with E-state index in [4.69, 9.17) is 9.15 Å². The highest BCUT2D eigenvalue weighted by Crippen LogP contribution is 2.20. The Bertz CT molecular complexity index is 307. The fourth-order valence-corrected chi connectivity index (χ4v) is 1.31. The van der Waals surface area contributed by atoms with Crippen LogP contribution >= 0.6 is 0 Å². The number of carbonyl (C=O) groups excluding carboxylic acids is 1. The summed E-state index contributed by atoms with van der Waals surface area (Å²) in [5.41, 5.74) is 0.794. The number of nitrogens with zero attached hydrogens (tertiary/aromatic N) is 1. The molecule has 0 aliphatic rings. The predicted octanol–water partition coefficient (Wildman–Crippen LogP) is 2.29. The highest BCUT2D eigenvalue weighted by Gasteiger charge is 2.09. The van der Waals surface area contributed by atoms with Gasteiger partial charge in [0, 0.05) is 12.8 Å². The van der Waals surface area contributed by atoms with E-state index in [2.05, 4.69) is 4.98 Å². The maximum Gasteiger partial charge on any atom is 0.308 e. The molecule has 0 spiro atoms. The molecule has 0 saturated heterocycles. The van der Waals surface area contributed by atoms with Gasteiger partial charge in [-0.15, -0.1) is 0 Å². The van der Waals surface area contributed by atoms with Crippen LogP contribution in [0.1, 0.15) is 37.8 Å². The molecule has 0 fully saturated rings. The van der Waals surface area contributed by atoms with E-state index in [9.17, 15) is 4.79 Å². The number of hydrogen-bond donors (Lipinski definition) is 0. The molecule has 0 aliphatic heterocycles. The monoisotopic (exact) mass is 211 g/mol. The van der Waals surface area contributed by atoms with Crippen molar-refractivity contribution in [3.8, 4) is 5.95 Å². The number of aromatic nitrogens is 1. The van der Waals surface area contributed by atoms with Gasteiger partial charge < -0.3 is 13.9 Å². The van der Waals surface area contributed by atoms with Crippen LogP contribution in [0.25, 0.3) is 0 Å². The Morgan fingerprint density at radius 3 is 2.93 bits per heavy atom. The van der Waals surface area contributed by atoms with Crippen LogP contribution < -0.4 is 4.74 Å². The molecule has 1 heterocycles. The molecule has 1 rings (SSSR count). The van der Waals surface area contributed by atoms with Gasteiger partial charge >= 0.3 is 5.95 Å². The molecule has 0 bridgehead atoms. The summed E-state index contributed by atoms with van der Waals surface area (Å²) in [5, 5.41) is 0. The third kappa shape index (κ3) is 3.73. The zero-order valence-electron chi connectivity index (χ0n) is 9.28. The second kappa shape index (κ2) is 6.22. The van der Waals surface area contributed by atoms with Crippen LogP contribution in [-0.2, 0) is 11.2 Å². The fraction of sp³-hybridized carbons (Fsp3) is 0.636. The number of rotatable bonds is 7. The molecule has 4 nitrogen and oxygen atoms in total. The minimum atomic E-state index is 0.517. The van der Waals surface area contributed by atoms with Crippen LogP contribution in [0.2, 0.25) is 0 Å². The van der Waals surface area contributed by atoms with Gasteiger partial charge in [-0.1, -0.05) is 0 Å². The molecule has 4 heteroatoms. The molecular weight excluding hydrogens is 194 g/mol. The van der Waals surface area contributed by atoms with Crippen molar-refractivity contribution in [1.82, 2.24) is 4.98 Å². The summed E-state index contributed by atoms with van der Waals surface area (Å²) in [7, 11) is 0. The molecule has 1 aromatic heterocycles. The first kappa shape index (κ1) is 11.8. The van der Waals surface area contributed by atoms with E-state index < -0.39 is 0 Å². The molecule has 84 valence electrons. The molecule has 0 saturated carbocycles. The Morgan fingerprint density at radius 1 is 1.47 bits per heavy atom. The summed E-state index contributed by atoms with van der Waals surface area (Å²) in [5.74, 6) is 1.21. The number of unbranched alkanes of at least 4 members (excludes halogenated alkanes) is 2. The lowest BCUT2D eigenvalue weighted by molar-refractivity contribution is -0.107. The Morgan fingerprint density at radius 2 is 2.27 bits per heavy atom. The largest absolute Gasteiger partial charge is 0.464 e. The third-order valence-corrected chi connectivity index (χ3v) is 2.04. The van der Waals surface area contributed by atoms with E-state index in [-0.39, 0.29) is 0 Å². The van der Waals surface area contributed by atoms with E-state index in [1.54, 1.807) is 0 Å². The third-order valence-electron chi connectivity index (χ3n) is 2.04. The first-order valence-electron chi connectivity index (χ1n) is 5.30. The summed E-state index contributed by atoms with van der Waals surface area (Å²) in [6, 6.07) is 0. The lowest BCUT2D eigenvalue weighted by Gasteiger charge is -1.96. The van der Waals surface area contributed by atoms with Crippen molar-refractivity contribution < 1.29 is 13.9 Å². The van der Waals surface area contributed by atoms with E-state index in [1.165, 1.54) is 0 Å². The summed E-state index contributed by atoms with van der Waals surface area (Å²) < 4.78 is 10.7. The average Bonchev–Trinajstić information content (AvgIpc) is 2.55. The zero-order valence-corrected chi connectivity index (χ0v) is 9.28. The summed E-state index contributed by atoms with van der Waals surface area (Å²) >= 11 is 0. The molecular formula is C11H17NO3. The van der Waals surface area contributed by atoms with Crippen molar-refractivity contribution in [2.45, 2.75) is 39.5 Å². The Labute approximate surface area is 89.6 Å². The van der Waals surface area contributed by atoms with Crippen molar-refractivity contribution in [1.29, 1.82) is 0 Å². The van der Waals surface area contributed by atoms with Crippen molar-refractivity contribution in [2.24, 2.45) is 0 Å². The minimum absolute atomic E-state index is 0.517. The number of aryl methyl sites for hydroxylation is 2. The summed E-state index contributed by atoms with van der Waals surface area (Å²) in [6.07, 6.45) is 4.12. The number of carbonyl (C=O) groups is 1. The Hall–Kier alpha value is -1.32. The van der Waals surface area contributed by atoms with Crippen LogP contribution in [0.4, 0.5) is 0 Å². The highest BCUT2D eigenvalue weighted by atomic mass is 16.6. The summed E-state index contributed by atoms with van der Waals surface area (Å²) in [6.45, 7) is 4.36. The van der Waals surface area contributed by atoms with Gasteiger partial charge in [0.2, 0.25) is 0 Å². The normalized spacial score (nSPS) is 10.3. The van der Waals surface area contributed by atoms with Gasteiger partial charge in [-0.05, 0) is 26.7 Å². The van der Waals surface area contributed by atoms with E-state index in [0.717, 1.165) is 31.2 Å². The van der Waals surface area contributed by atoms with Gasteiger partial charge in [0.15, 0.2) is 5.89 Å². The average molecular weight is 211 g/mol. The van der Waals surface area contributed by atoms with Crippen molar-refractivity contribution in [2.75, 3.05) is 6.61 Å². The van der Waals surface area contributed by atoms with Crippen molar-refractivity contribution in [3.63, 3.8) is 0 Å². The lowest BCUT2D eigenvalue weighted by atomic mass is 10.2. The van der Waals surface area contributed by atoms with Crippen molar-refractivity contribution in [3.05, 3.63) is 11.6 Å². The van der Waals surface area contributed by atoms with E-state index >= 15 is 0 Å². The molecule has 0 N–H and O–H groups in total. The quantitative estimate of drug-likeness (QED) is 0.513. The number of oxazole rings is 1. The number of aldehydes is 1. The lowest BCUT2D eigenvalue weighted by Crippen LogP contribution is -1.90. The maximum absolute atomic E-state index is 10.1. The standard InChI is InChI=1S/C11H17NO3/c1-3-14-11-9(2)12-10(15-11)7-5-4-6-8-13/h8H,3-7H2,1-2H3. The SMILES string of the molecule is CCOc1oc(CCCCC=O)nc1C. The maximum atomic E-state index is 10.1. The van der Waals surface area contributed by atoms with Crippen LogP contribution in [-0.4, -0.2) is 17.9 Å². The second-order valence-corrected chi connectivity index (χ2v) is 3.33. The molecule has 1 aromatic rings. The first-order chi connectivity index (χ1) is 7.27. The minimum Gasteiger partial charge on any atom is -0.464 e. The van der Waals surface area contributed by atoms with E-state index in [1.807, 2.05) is 13.8 Å². The topological polar surface area (TPSA) is 52.3 Å². The molecule has 15 heavy (non-hydrogen) atoms. The molecule has 0 atom stereocenters. The van der Waals surface area contributed by atoms with Crippen molar-refractivity contribution >= 4 is 6.29 Å². The molecule has 0 aromatic carbocycles. The van der Waals surface area contributed by atoms with Gasteiger partial charge in [-0.25, -0.2) is 4.98 Å². The van der Waals surface area contributed by atoms with Crippen LogP contribution in [0, 0.1) is 6.92 Å². The molecule has 0 amide bonds. The van der Waals surface area contributed by atoms with Gasteiger partial charge in [0.1, 0.15) is 12.0 Å². The summed E-state index contributed by atoms with van der Waals surface area (Å²) in [4.78, 5) is 14.3. The van der Waals surface area contributed by atoms with Gasteiger partial charge in [0.05, 0.1) is 6.61 Å². The van der Waals surface area contributed by atoms with Gasteiger partial charge in [-0.2, -0.15) is 0 Å². The molecule has 0 aliphatic carbocycles. The van der Waals surface area contributed by atoms with Crippen LogP contribution in [0.15, 0.2) is 4.42 Å². The zero-order chi connectivity index (χ0) is 11.1. The number of ether oxygens (including phenoxy) is 1. The smallest absolute Gasteiger partial charge is 0.308 e. The molecule has 0 radical (unpaired) electrons. The predicted molar refractivity (Wildman–Crippen MR) is 56.0 cm³/mol. The highest BCUT2D eigenvalue weighted by molar-refractivity contribution is 5.48. The first-order valence-corrected chi connectivity index (χ1v) is 5.30. The van der Waals surface area contributed by atoms with Crippen LogP contribution in [0.5, 0.6) is 5.95 Å². The fourth-order valence-electron chi connectivity index (χ4n) is 1.31. The van der Waals surface area contributed by atoms with Crippen LogP contribution in [0.3, 0.4) is 0 Å². The number of hydrogen-bond acceptors (Lipinski definition) is 4. The second-order valence-electron chi connectivity index (χ2n) is 3.33. The Kier molecular flexibility index (Phi) is 4.87. The van der Waals surface area contributed by atoms with Gasteiger partial charge in [-0.3, -0.25) is 0 Å². The molecule has 0 unspecified atom stereocenters. The van der Waals surface area contributed by atoms with E-state index in [0.29, 0.717) is 24.9 Å². The van der Waals surface area contributed by atoms with Gasteiger partial charge in [0.25, 0.3) is 0 Å². The Balaban J connectivity index is 2.40.